The first-order valence-corrected chi connectivity index (χ1v) is 12.6. The van der Waals surface area contributed by atoms with Crippen LogP contribution in [0.15, 0.2) is 78.9 Å². The number of carboxylic acids is 1. The molecule has 2 atom stereocenters. The van der Waals surface area contributed by atoms with Crippen LogP contribution < -0.4 is 4.90 Å². The van der Waals surface area contributed by atoms with Gasteiger partial charge in [0.15, 0.2) is 0 Å². The molecular formula is C30H33F3N2O2. The SMILES string of the molecule is CCC(C)(N1CCN(c2ccc(-c3cccc(C(F)(F)F)c3)cc2)CC1)C(C)(C(=O)O)c1ccccc1. The van der Waals surface area contributed by atoms with E-state index in [0.717, 1.165) is 36.0 Å². The van der Waals surface area contributed by atoms with Gasteiger partial charge in [0.2, 0.25) is 0 Å². The normalized spacial score (nSPS) is 18.2. The van der Waals surface area contributed by atoms with Gasteiger partial charge in [-0.15, -0.1) is 0 Å². The smallest absolute Gasteiger partial charge is 0.416 e. The summed E-state index contributed by atoms with van der Waals surface area (Å²) in [4.78, 5) is 17.2. The average Bonchev–Trinajstić information content (AvgIpc) is 2.92. The average molecular weight is 511 g/mol. The molecule has 4 rings (SSSR count). The van der Waals surface area contributed by atoms with E-state index in [2.05, 4.69) is 9.80 Å². The van der Waals surface area contributed by atoms with Gasteiger partial charge in [0.1, 0.15) is 5.41 Å². The number of nitrogens with zero attached hydrogens (tertiary/aromatic N) is 2. The summed E-state index contributed by atoms with van der Waals surface area (Å²) in [7, 11) is 0. The van der Waals surface area contributed by atoms with E-state index in [1.807, 2.05) is 75.4 Å². The lowest BCUT2D eigenvalue weighted by Crippen LogP contribution is -2.66. The predicted octanol–water partition coefficient (Wildman–Crippen LogP) is 6.71. The largest absolute Gasteiger partial charge is 0.481 e. The summed E-state index contributed by atoms with van der Waals surface area (Å²) in [6.07, 6.45) is -3.70. The number of piperazine rings is 1. The van der Waals surface area contributed by atoms with Crippen molar-refractivity contribution in [3.05, 3.63) is 90.0 Å². The van der Waals surface area contributed by atoms with Gasteiger partial charge in [-0.25, -0.2) is 0 Å². The zero-order valence-corrected chi connectivity index (χ0v) is 21.4. The number of halogens is 3. The number of hydrogen-bond acceptors (Lipinski definition) is 3. The van der Waals surface area contributed by atoms with Crippen molar-refractivity contribution in [2.75, 3.05) is 31.1 Å². The fourth-order valence-electron chi connectivity index (χ4n) is 5.53. The van der Waals surface area contributed by atoms with Crippen molar-refractivity contribution in [1.82, 2.24) is 4.90 Å². The van der Waals surface area contributed by atoms with Crippen molar-refractivity contribution in [2.45, 2.75) is 44.3 Å². The van der Waals surface area contributed by atoms with E-state index in [1.165, 1.54) is 12.1 Å². The van der Waals surface area contributed by atoms with E-state index in [0.29, 0.717) is 25.1 Å². The molecule has 0 aromatic heterocycles. The van der Waals surface area contributed by atoms with Crippen LogP contribution in [-0.2, 0) is 16.4 Å². The molecular weight excluding hydrogens is 477 g/mol. The molecule has 0 spiro atoms. The van der Waals surface area contributed by atoms with Crippen LogP contribution in [0.2, 0.25) is 0 Å². The van der Waals surface area contributed by atoms with Gasteiger partial charge in [-0.1, -0.05) is 61.5 Å². The van der Waals surface area contributed by atoms with E-state index in [9.17, 15) is 23.1 Å². The highest BCUT2D eigenvalue weighted by Crippen LogP contribution is 2.43. The highest BCUT2D eigenvalue weighted by atomic mass is 19.4. The molecule has 7 heteroatoms. The number of hydrogen-bond donors (Lipinski definition) is 1. The minimum Gasteiger partial charge on any atom is -0.481 e. The second-order valence-corrected chi connectivity index (χ2v) is 10.0. The molecule has 0 aliphatic carbocycles. The van der Waals surface area contributed by atoms with Crippen molar-refractivity contribution in [3.8, 4) is 11.1 Å². The van der Waals surface area contributed by atoms with Crippen LogP contribution in [-0.4, -0.2) is 47.7 Å². The van der Waals surface area contributed by atoms with Crippen LogP contribution in [0.5, 0.6) is 0 Å². The van der Waals surface area contributed by atoms with Crippen LogP contribution in [0.1, 0.15) is 38.3 Å². The van der Waals surface area contributed by atoms with Crippen molar-refractivity contribution in [3.63, 3.8) is 0 Å². The van der Waals surface area contributed by atoms with Gasteiger partial charge < -0.3 is 10.0 Å². The van der Waals surface area contributed by atoms with E-state index >= 15 is 0 Å². The summed E-state index contributed by atoms with van der Waals surface area (Å²) in [6, 6.07) is 22.4. The van der Waals surface area contributed by atoms with Crippen LogP contribution in [0.3, 0.4) is 0 Å². The van der Waals surface area contributed by atoms with E-state index in [1.54, 1.807) is 6.07 Å². The van der Waals surface area contributed by atoms with Crippen LogP contribution in [0, 0.1) is 0 Å². The fourth-order valence-corrected chi connectivity index (χ4v) is 5.53. The van der Waals surface area contributed by atoms with Gasteiger partial charge in [0, 0.05) is 37.4 Å². The summed E-state index contributed by atoms with van der Waals surface area (Å²) in [5.41, 5.74) is 0.702. The second kappa shape index (κ2) is 10.2. The van der Waals surface area contributed by atoms with Crippen LogP contribution in [0.4, 0.5) is 18.9 Å². The molecule has 0 bridgehead atoms. The quantitative estimate of drug-likeness (QED) is 0.384. The third-order valence-electron chi connectivity index (χ3n) is 8.28. The number of alkyl halides is 3. The van der Waals surface area contributed by atoms with Gasteiger partial charge in [-0.05, 0) is 61.2 Å². The van der Waals surface area contributed by atoms with Crippen molar-refractivity contribution < 1.29 is 23.1 Å². The monoisotopic (exact) mass is 510 g/mol. The Morgan fingerprint density at radius 1 is 0.811 bits per heavy atom. The summed E-state index contributed by atoms with van der Waals surface area (Å²) in [5, 5.41) is 10.4. The van der Waals surface area contributed by atoms with E-state index in [4.69, 9.17) is 0 Å². The highest BCUT2D eigenvalue weighted by molar-refractivity contribution is 5.83. The molecule has 0 saturated carbocycles. The number of aliphatic carboxylic acids is 1. The molecule has 1 aliphatic heterocycles. The zero-order valence-electron chi connectivity index (χ0n) is 21.4. The molecule has 37 heavy (non-hydrogen) atoms. The summed E-state index contributed by atoms with van der Waals surface area (Å²) < 4.78 is 39.3. The number of benzene rings is 3. The first-order valence-electron chi connectivity index (χ1n) is 12.6. The minimum absolute atomic E-state index is 0.527. The molecule has 1 N–H and O–H groups in total. The molecule has 0 radical (unpaired) electrons. The first kappa shape index (κ1) is 26.7. The Morgan fingerprint density at radius 3 is 1.95 bits per heavy atom. The molecule has 1 fully saturated rings. The van der Waals surface area contributed by atoms with Gasteiger partial charge >= 0.3 is 12.1 Å². The Labute approximate surface area is 216 Å². The third kappa shape index (κ3) is 4.97. The number of anilines is 1. The number of carboxylic acid groups (broad SMARTS) is 1. The van der Waals surface area contributed by atoms with E-state index in [-0.39, 0.29) is 0 Å². The number of carbonyl (C=O) groups is 1. The molecule has 0 amide bonds. The van der Waals surface area contributed by atoms with Gasteiger partial charge in [-0.3, -0.25) is 9.69 Å². The van der Waals surface area contributed by atoms with Crippen molar-refractivity contribution in [1.29, 1.82) is 0 Å². The Morgan fingerprint density at radius 2 is 1.41 bits per heavy atom. The number of rotatable bonds is 7. The Balaban J connectivity index is 1.50. The molecule has 4 nitrogen and oxygen atoms in total. The first-order chi connectivity index (χ1) is 17.5. The molecule has 196 valence electrons. The topological polar surface area (TPSA) is 43.8 Å². The van der Waals surface area contributed by atoms with Crippen molar-refractivity contribution >= 4 is 11.7 Å². The maximum Gasteiger partial charge on any atom is 0.416 e. The zero-order chi connectivity index (χ0) is 26.8. The Kier molecular flexibility index (Phi) is 7.38. The van der Waals surface area contributed by atoms with E-state index < -0.39 is 28.7 Å². The maximum absolute atomic E-state index is 13.1. The summed E-state index contributed by atoms with van der Waals surface area (Å²) >= 11 is 0. The fraction of sp³-hybridized carbons (Fsp3) is 0.367. The highest BCUT2D eigenvalue weighted by Gasteiger charge is 2.54. The van der Waals surface area contributed by atoms with Gasteiger partial charge in [0.05, 0.1) is 5.56 Å². The lowest BCUT2D eigenvalue weighted by molar-refractivity contribution is -0.150. The van der Waals surface area contributed by atoms with Crippen LogP contribution in [0.25, 0.3) is 11.1 Å². The Hall–Kier alpha value is -3.32. The summed E-state index contributed by atoms with van der Waals surface area (Å²) in [5.74, 6) is -0.837. The second-order valence-electron chi connectivity index (χ2n) is 10.0. The standard InChI is InChI=1S/C30H33F3N2O2/c1-4-28(2,29(3,27(36)37)24-10-6-5-7-11-24)35-19-17-34(18-20-35)26-15-13-22(14-16-26)23-9-8-12-25(21-23)30(31,32)33/h5-16,21H,4,17-20H2,1-3H3,(H,36,37). The van der Waals surface area contributed by atoms with Crippen molar-refractivity contribution in [2.24, 2.45) is 0 Å². The van der Waals surface area contributed by atoms with Gasteiger partial charge in [0.25, 0.3) is 0 Å². The molecule has 1 heterocycles. The predicted molar refractivity (Wildman–Crippen MR) is 141 cm³/mol. The molecule has 1 saturated heterocycles. The molecule has 3 aromatic carbocycles. The third-order valence-corrected chi connectivity index (χ3v) is 8.28. The summed E-state index contributed by atoms with van der Waals surface area (Å²) in [6.45, 7) is 8.78. The lowest BCUT2D eigenvalue weighted by atomic mass is 9.64. The molecule has 2 unspecified atom stereocenters. The molecule has 1 aliphatic rings. The lowest BCUT2D eigenvalue weighted by Gasteiger charge is -2.53. The Bertz CT molecular complexity index is 1220. The maximum atomic E-state index is 13.1. The minimum atomic E-state index is -4.38. The van der Waals surface area contributed by atoms with Gasteiger partial charge in [-0.2, -0.15) is 13.2 Å². The molecule has 3 aromatic rings. The van der Waals surface area contributed by atoms with Crippen LogP contribution >= 0.6 is 0 Å².